The van der Waals surface area contributed by atoms with Crippen molar-refractivity contribution in [2.75, 3.05) is 10.4 Å². The van der Waals surface area contributed by atoms with Gasteiger partial charge in [-0.3, -0.25) is 10.6 Å². The van der Waals surface area contributed by atoms with Crippen molar-refractivity contribution in [2.24, 2.45) is 0 Å². The average Bonchev–Trinajstić information content (AvgIpc) is 3.25. The SMILES string of the molecule is N=C(N(O)c1ccc(F)c(Br)c1)n1cc(NCc2nn[nH]n2)cn1. The molecule has 12 heteroatoms. The van der Waals surface area contributed by atoms with Crippen molar-refractivity contribution in [3.8, 4) is 0 Å². The maximum absolute atomic E-state index is 13.2. The molecule has 24 heavy (non-hydrogen) atoms. The number of tetrazole rings is 1. The van der Waals surface area contributed by atoms with Crippen LogP contribution in [0.4, 0.5) is 15.8 Å². The van der Waals surface area contributed by atoms with Gasteiger partial charge in [0.1, 0.15) is 5.82 Å². The molecule has 0 aliphatic rings. The van der Waals surface area contributed by atoms with Gasteiger partial charge >= 0.3 is 0 Å². The van der Waals surface area contributed by atoms with Crippen LogP contribution in [-0.2, 0) is 6.54 Å². The first kappa shape index (κ1) is 16.0. The fourth-order valence-corrected chi connectivity index (χ4v) is 2.17. The third-order valence-corrected chi connectivity index (χ3v) is 3.60. The van der Waals surface area contributed by atoms with Crippen LogP contribution in [0.3, 0.4) is 0 Å². The highest BCUT2D eigenvalue weighted by Gasteiger charge is 2.14. The van der Waals surface area contributed by atoms with Crippen molar-refractivity contribution < 1.29 is 9.60 Å². The molecule has 0 amide bonds. The summed E-state index contributed by atoms with van der Waals surface area (Å²) in [6.45, 7) is 0.323. The number of rotatable bonds is 4. The Hall–Kier alpha value is -2.86. The predicted molar refractivity (Wildman–Crippen MR) is 85.2 cm³/mol. The van der Waals surface area contributed by atoms with E-state index in [4.69, 9.17) is 5.41 Å². The molecule has 10 nitrogen and oxygen atoms in total. The number of H-pyrrole nitrogens is 1. The second kappa shape index (κ2) is 6.72. The molecular formula is C12H11BrFN9O. The number of anilines is 2. The number of benzene rings is 1. The van der Waals surface area contributed by atoms with Gasteiger partial charge in [-0.2, -0.15) is 15.4 Å². The van der Waals surface area contributed by atoms with Gasteiger partial charge < -0.3 is 5.32 Å². The monoisotopic (exact) mass is 395 g/mol. The Labute approximate surface area is 142 Å². The second-order valence-corrected chi connectivity index (χ2v) is 5.44. The summed E-state index contributed by atoms with van der Waals surface area (Å²) in [4.78, 5) is 0. The number of hydroxylamine groups is 1. The minimum atomic E-state index is -0.467. The normalized spacial score (nSPS) is 10.6. The van der Waals surface area contributed by atoms with Crippen molar-refractivity contribution in [1.29, 1.82) is 5.41 Å². The van der Waals surface area contributed by atoms with Crippen LogP contribution in [0.2, 0.25) is 0 Å². The number of nitrogens with zero attached hydrogens (tertiary/aromatic N) is 6. The molecule has 0 spiro atoms. The van der Waals surface area contributed by atoms with Gasteiger partial charge in [-0.25, -0.2) is 9.07 Å². The summed E-state index contributed by atoms with van der Waals surface area (Å²) in [6.07, 6.45) is 2.98. The first-order chi connectivity index (χ1) is 11.5. The average molecular weight is 396 g/mol. The van der Waals surface area contributed by atoms with E-state index >= 15 is 0 Å². The maximum atomic E-state index is 13.2. The molecule has 124 valence electrons. The van der Waals surface area contributed by atoms with Gasteiger partial charge in [-0.05, 0) is 34.1 Å². The molecule has 0 unspecified atom stereocenters. The van der Waals surface area contributed by atoms with E-state index in [-0.39, 0.29) is 16.1 Å². The molecule has 0 aliphatic heterocycles. The molecule has 0 radical (unpaired) electrons. The quantitative estimate of drug-likeness (QED) is 0.299. The molecule has 0 saturated heterocycles. The molecular weight excluding hydrogens is 385 g/mol. The topological polar surface area (TPSA) is 132 Å². The molecule has 1 aromatic carbocycles. The first-order valence-electron chi connectivity index (χ1n) is 6.58. The van der Waals surface area contributed by atoms with Crippen molar-refractivity contribution in [1.82, 2.24) is 30.4 Å². The van der Waals surface area contributed by atoms with E-state index in [1.165, 1.54) is 30.6 Å². The van der Waals surface area contributed by atoms with Gasteiger partial charge in [-0.1, -0.05) is 5.21 Å². The van der Waals surface area contributed by atoms with E-state index in [9.17, 15) is 9.60 Å². The Balaban J connectivity index is 1.69. The van der Waals surface area contributed by atoms with Gasteiger partial charge in [0, 0.05) is 0 Å². The molecule has 0 bridgehead atoms. The van der Waals surface area contributed by atoms with Crippen molar-refractivity contribution in [2.45, 2.75) is 6.54 Å². The zero-order valence-electron chi connectivity index (χ0n) is 12.0. The molecule has 0 fully saturated rings. The molecule has 0 atom stereocenters. The zero-order chi connectivity index (χ0) is 17.1. The molecule has 0 aliphatic carbocycles. The number of halogens is 2. The Morgan fingerprint density at radius 1 is 1.50 bits per heavy atom. The van der Waals surface area contributed by atoms with Crippen LogP contribution >= 0.6 is 15.9 Å². The summed E-state index contributed by atoms with van der Waals surface area (Å²) in [5.41, 5.74) is 0.809. The summed E-state index contributed by atoms with van der Waals surface area (Å²) in [5, 5.41) is 39.0. The van der Waals surface area contributed by atoms with Gasteiger partial charge in [0.15, 0.2) is 5.82 Å². The lowest BCUT2D eigenvalue weighted by Crippen LogP contribution is -2.32. The molecule has 4 N–H and O–H groups in total. The van der Waals surface area contributed by atoms with Crippen LogP contribution in [0.25, 0.3) is 0 Å². The first-order valence-corrected chi connectivity index (χ1v) is 7.38. The lowest BCUT2D eigenvalue weighted by atomic mass is 10.3. The van der Waals surface area contributed by atoms with Gasteiger partial charge in [0.2, 0.25) is 5.96 Å². The summed E-state index contributed by atoms with van der Waals surface area (Å²) < 4.78 is 14.6. The van der Waals surface area contributed by atoms with Gasteiger partial charge in [0.25, 0.3) is 0 Å². The van der Waals surface area contributed by atoms with Crippen LogP contribution in [0.5, 0.6) is 0 Å². The molecule has 3 rings (SSSR count). The van der Waals surface area contributed by atoms with E-state index in [1.54, 1.807) is 0 Å². The van der Waals surface area contributed by atoms with E-state index < -0.39 is 5.82 Å². The minimum Gasteiger partial charge on any atom is -0.375 e. The highest BCUT2D eigenvalue weighted by Crippen LogP contribution is 2.22. The number of nitrogens with one attached hydrogen (secondary N) is 3. The van der Waals surface area contributed by atoms with E-state index in [2.05, 4.69) is 47.0 Å². The maximum Gasteiger partial charge on any atom is 0.248 e. The second-order valence-electron chi connectivity index (χ2n) is 4.59. The number of aromatic amines is 1. The highest BCUT2D eigenvalue weighted by atomic mass is 79.9. The number of hydrogen-bond acceptors (Lipinski definition) is 7. The van der Waals surface area contributed by atoms with Crippen molar-refractivity contribution in [3.05, 3.63) is 46.7 Å². The van der Waals surface area contributed by atoms with Crippen molar-refractivity contribution >= 4 is 33.3 Å². The number of hydrogen-bond donors (Lipinski definition) is 4. The summed E-state index contributed by atoms with van der Waals surface area (Å²) in [5.74, 6) is -0.329. The van der Waals surface area contributed by atoms with Crippen molar-refractivity contribution in [3.63, 3.8) is 0 Å². The van der Waals surface area contributed by atoms with E-state index in [0.717, 1.165) is 4.68 Å². The van der Waals surface area contributed by atoms with Crippen LogP contribution in [0, 0.1) is 11.2 Å². The Bertz CT molecular complexity index is 850. The minimum absolute atomic E-state index is 0.176. The van der Waals surface area contributed by atoms with Gasteiger partial charge in [-0.15, -0.1) is 10.2 Å². The van der Waals surface area contributed by atoms with Crippen LogP contribution in [0.15, 0.2) is 35.1 Å². The van der Waals surface area contributed by atoms with Crippen LogP contribution in [0.1, 0.15) is 5.82 Å². The number of aromatic nitrogens is 6. The fraction of sp³-hybridized carbons (Fsp3) is 0.0833. The predicted octanol–water partition coefficient (Wildman–Crippen LogP) is 1.59. The molecule has 0 saturated carbocycles. The standard InChI is InChI=1S/C12H11BrFN9O/c13-9-3-8(1-2-10(9)14)23(24)12(15)22-6-7(4-17-22)16-5-11-18-20-21-19-11/h1-4,6,15-16,24H,5H2,(H,18,19,20,21). The molecule has 2 heterocycles. The summed E-state index contributed by atoms with van der Waals surface area (Å²) >= 11 is 3.03. The zero-order valence-corrected chi connectivity index (χ0v) is 13.6. The van der Waals surface area contributed by atoms with E-state index in [0.29, 0.717) is 23.1 Å². The third kappa shape index (κ3) is 3.38. The lowest BCUT2D eigenvalue weighted by molar-refractivity contribution is 0.306. The summed E-state index contributed by atoms with van der Waals surface area (Å²) in [6, 6.07) is 3.87. The Morgan fingerprint density at radius 3 is 3.04 bits per heavy atom. The third-order valence-electron chi connectivity index (χ3n) is 2.99. The Kier molecular flexibility index (Phi) is 4.48. The highest BCUT2D eigenvalue weighted by molar-refractivity contribution is 9.10. The van der Waals surface area contributed by atoms with Gasteiger partial charge in [0.05, 0.1) is 34.8 Å². The summed E-state index contributed by atoms with van der Waals surface area (Å²) in [7, 11) is 0. The smallest absolute Gasteiger partial charge is 0.248 e. The molecule has 2 aromatic heterocycles. The Morgan fingerprint density at radius 2 is 2.33 bits per heavy atom. The van der Waals surface area contributed by atoms with E-state index in [1.807, 2.05) is 0 Å². The largest absolute Gasteiger partial charge is 0.375 e. The fourth-order valence-electron chi connectivity index (χ4n) is 1.80. The molecule has 3 aromatic rings. The lowest BCUT2D eigenvalue weighted by Gasteiger charge is -2.17. The van der Waals surface area contributed by atoms with Crippen LogP contribution < -0.4 is 10.4 Å². The van der Waals surface area contributed by atoms with Crippen LogP contribution in [-0.4, -0.2) is 41.6 Å².